The average molecular weight is 199 g/mol. The minimum absolute atomic E-state index is 0.461. The van der Waals surface area contributed by atoms with E-state index in [0.717, 1.165) is 11.3 Å². The van der Waals surface area contributed by atoms with Crippen LogP contribution >= 0.6 is 11.8 Å². The summed E-state index contributed by atoms with van der Waals surface area (Å²) in [5.41, 5.74) is 0. The maximum atomic E-state index is 3.80. The summed E-state index contributed by atoms with van der Waals surface area (Å²) in [5.74, 6) is 1.24. The van der Waals surface area contributed by atoms with E-state index in [9.17, 15) is 0 Å². The van der Waals surface area contributed by atoms with Gasteiger partial charge < -0.3 is 5.32 Å². The van der Waals surface area contributed by atoms with Crippen molar-refractivity contribution in [2.75, 3.05) is 5.75 Å². The summed E-state index contributed by atoms with van der Waals surface area (Å²) in [7, 11) is 0. The molecule has 0 spiro atoms. The van der Waals surface area contributed by atoms with Crippen LogP contribution < -0.4 is 5.32 Å². The Balaban J connectivity index is 2.34. The summed E-state index contributed by atoms with van der Waals surface area (Å²) in [6, 6.07) is 1.18. The molecule has 3 atom stereocenters. The lowest BCUT2D eigenvalue weighted by atomic mass is 10.2. The van der Waals surface area contributed by atoms with Crippen LogP contribution in [0.15, 0.2) is 12.7 Å². The van der Waals surface area contributed by atoms with Gasteiger partial charge in [-0.1, -0.05) is 19.4 Å². The topological polar surface area (TPSA) is 12.0 Å². The molecule has 0 aromatic carbocycles. The Morgan fingerprint density at radius 2 is 2.38 bits per heavy atom. The van der Waals surface area contributed by atoms with E-state index in [4.69, 9.17) is 0 Å². The largest absolute Gasteiger partial charge is 0.307 e. The molecule has 76 valence electrons. The molecule has 0 aromatic heterocycles. The zero-order valence-corrected chi connectivity index (χ0v) is 9.57. The smallest absolute Gasteiger partial charge is 0.0222 e. The first kappa shape index (κ1) is 11.1. The molecule has 13 heavy (non-hydrogen) atoms. The Labute approximate surface area is 86.4 Å². The van der Waals surface area contributed by atoms with Gasteiger partial charge in [0, 0.05) is 17.3 Å². The first-order chi connectivity index (χ1) is 6.27. The molecule has 1 saturated carbocycles. The molecular formula is C11H21NS. The van der Waals surface area contributed by atoms with Crippen molar-refractivity contribution in [3.8, 4) is 0 Å². The van der Waals surface area contributed by atoms with E-state index in [1.165, 1.54) is 25.0 Å². The minimum Gasteiger partial charge on any atom is -0.307 e. The average Bonchev–Trinajstić information content (AvgIpc) is 2.54. The Bertz CT molecular complexity index is 158. The van der Waals surface area contributed by atoms with E-state index < -0.39 is 0 Å². The van der Waals surface area contributed by atoms with Gasteiger partial charge in [-0.3, -0.25) is 0 Å². The second-order valence-corrected chi connectivity index (χ2v) is 5.24. The molecule has 2 heteroatoms. The quantitative estimate of drug-likeness (QED) is 0.683. The first-order valence-corrected chi connectivity index (χ1v) is 6.33. The van der Waals surface area contributed by atoms with Gasteiger partial charge >= 0.3 is 0 Å². The molecule has 0 amide bonds. The molecule has 1 fully saturated rings. The zero-order valence-electron chi connectivity index (χ0n) is 8.75. The lowest BCUT2D eigenvalue weighted by Crippen LogP contribution is -2.39. The molecule has 1 aliphatic rings. The van der Waals surface area contributed by atoms with E-state index in [1.807, 2.05) is 6.08 Å². The fraction of sp³-hybridized carbons (Fsp3) is 0.818. The summed E-state index contributed by atoms with van der Waals surface area (Å²) >= 11 is 2.10. The summed E-state index contributed by atoms with van der Waals surface area (Å²) in [5, 5.41) is 4.46. The Hall–Kier alpha value is 0.0500. The SMILES string of the molecule is C=CC(C)NC1CCCC1SCC. The molecule has 0 aliphatic heterocycles. The normalized spacial score (nSPS) is 30.3. The molecule has 1 N–H and O–H groups in total. The molecule has 1 aliphatic carbocycles. The van der Waals surface area contributed by atoms with Gasteiger partial charge in [-0.2, -0.15) is 11.8 Å². The molecule has 0 bridgehead atoms. The number of nitrogens with one attached hydrogen (secondary N) is 1. The number of hydrogen-bond acceptors (Lipinski definition) is 2. The lowest BCUT2D eigenvalue weighted by molar-refractivity contribution is 0.502. The molecule has 0 heterocycles. The van der Waals surface area contributed by atoms with Crippen LogP contribution in [0.2, 0.25) is 0 Å². The number of rotatable bonds is 5. The van der Waals surface area contributed by atoms with Crippen molar-refractivity contribution in [1.29, 1.82) is 0 Å². The van der Waals surface area contributed by atoms with Crippen molar-refractivity contribution in [2.45, 2.75) is 50.4 Å². The van der Waals surface area contributed by atoms with Crippen molar-refractivity contribution in [3.63, 3.8) is 0 Å². The second-order valence-electron chi connectivity index (χ2n) is 3.72. The van der Waals surface area contributed by atoms with E-state index in [2.05, 4.69) is 37.5 Å². The number of hydrogen-bond donors (Lipinski definition) is 1. The van der Waals surface area contributed by atoms with E-state index in [1.54, 1.807) is 0 Å². The first-order valence-electron chi connectivity index (χ1n) is 5.28. The standard InChI is InChI=1S/C11H21NS/c1-4-9(3)12-10-7-6-8-11(10)13-5-2/h4,9-12H,1,5-8H2,2-3H3. The van der Waals surface area contributed by atoms with E-state index in [-0.39, 0.29) is 0 Å². The number of thioether (sulfide) groups is 1. The van der Waals surface area contributed by atoms with Gasteiger partial charge in [0.2, 0.25) is 0 Å². The Kier molecular flexibility index (Phi) is 4.89. The van der Waals surface area contributed by atoms with Crippen molar-refractivity contribution >= 4 is 11.8 Å². The molecule has 0 saturated heterocycles. The fourth-order valence-corrected chi connectivity index (χ4v) is 3.14. The van der Waals surface area contributed by atoms with Crippen LogP contribution in [0.4, 0.5) is 0 Å². The van der Waals surface area contributed by atoms with Crippen LogP contribution in [-0.4, -0.2) is 23.1 Å². The Morgan fingerprint density at radius 3 is 3.00 bits per heavy atom. The molecule has 3 unspecified atom stereocenters. The lowest BCUT2D eigenvalue weighted by Gasteiger charge is -2.22. The third-order valence-electron chi connectivity index (χ3n) is 2.66. The summed E-state index contributed by atoms with van der Waals surface area (Å²) in [6.45, 7) is 8.23. The van der Waals surface area contributed by atoms with Gasteiger partial charge in [0.1, 0.15) is 0 Å². The third-order valence-corrected chi connectivity index (χ3v) is 3.99. The van der Waals surface area contributed by atoms with Crippen molar-refractivity contribution < 1.29 is 0 Å². The van der Waals surface area contributed by atoms with Crippen LogP contribution in [0.3, 0.4) is 0 Å². The van der Waals surface area contributed by atoms with E-state index >= 15 is 0 Å². The molecule has 1 rings (SSSR count). The van der Waals surface area contributed by atoms with Crippen molar-refractivity contribution in [2.24, 2.45) is 0 Å². The second kappa shape index (κ2) is 5.71. The minimum atomic E-state index is 0.461. The summed E-state index contributed by atoms with van der Waals surface area (Å²) in [4.78, 5) is 0. The van der Waals surface area contributed by atoms with Crippen LogP contribution in [0.25, 0.3) is 0 Å². The highest BCUT2D eigenvalue weighted by molar-refractivity contribution is 7.99. The van der Waals surface area contributed by atoms with Crippen LogP contribution in [0.5, 0.6) is 0 Å². The van der Waals surface area contributed by atoms with E-state index in [0.29, 0.717) is 6.04 Å². The maximum Gasteiger partial charge on any atom is 0.0222 e. The van der Waals surface area contributed by atoms with Crippen molar-refractivity contribution in [1.82, 2.24) is 5.32 Å². The maximum absolute atomic E-state index is 3.80. The highest BCUT2D eigenvalue weighted by Gasteiger charge is 2.27. The third kappa shape index (κ3) is 3.35. The van der Waals surface area contributed by atoms with Gasteiger partial charge in [-0.05, 0) is 25.5 Å². The fourth-order valence-electron chi connectivity index (χ4n) is 1.94. The zero-order chi connectivity index (χ0) is 9.68. The van der Waals surface area contributed by atoms with Crippen LogP contribution in [-0.2, 0) is 0 Å². The predicted octanol–water partition coefficient (Wildman–Crippen LogP) is 2.82. The molecule has 1 nitrogen and oxygen atoms in total. The van der Waals surface area contributed by atoms with Crippen LogP contribution in [0, 0.1) is 0 Å². The Morgan fingerprint density at radius 1 is 1.62 bits per heavy atom. The monoisotopic (exact) mass is 199 g/mol. The highest BCUT2D eigenvalue weighted by Crippen LogP contribution is 2.30. The predicted molar refractivity (Wildman–Crippen MR) is 62.4 cm³/mol. The summed E-state index contributed by atoms with van der Waals surface area (Å²) < 4.78 is 0. The van der Waals surface area contributed by atoms with Gasteiger partial charge in [0.05, 0.1) is 0 Å². The van der Waals surface area contributed by atoms with Gasteiger partial charge in [0.15, 0.2) is 0 Å². The molecule has 0 radical (unpaired) electrons. The van der Waals surface area contributed by atoms with Gasteiger partial charge in [-0.15, -0.1) is 6.58 Å². The van der Waals surface area contributed by atoms with Gasteiger partial charge in [-0.25, -0.2) is 0 Å². The molecule has 0 aromatic rings. The summed E-state index contributed by atoms with van der Waals surface area (Å²) in [6.07, 6.45) is 6.11. The van der Waals surface area contributed by atoms with Gasteiger partial charge in [0.25, 0.3) is 0 Å². The highest BCUT2D eigenvalue weighted by atomic mass is 32.2. The van der Waals surface area contributed by atoms with Crippen LogP contribution in [0.1, 0.15) is 33.1 Å². The molecular weight excluding hydrogens is 178 g/mol. The van der Waals surface area contributed by atoms with Crippen molar-refractivity contribution in [3.05, 3.63) is 12.7 Å².